The molecule has 0 aliphatic carbocycles. The van der Waals surface area contributed by atoms with Crippen LogP contribution < -0.4 is 4.74 Å². The Kier molecular flexibility index (Phi) is 5.69. The van der Waals surface area contributed by atoms with Gasteiger partial charge in [-0.2, -0.15) is 0 Å². The maximum Gasteiger partial charge on any atom is 0.223 e. The van der Waals surface area contributed by atoms with Crippen molar-refractivity contribution < 1.29 is 14.6 Å². The zero-order valence-electron chi connectivity index (χ0n) is 16.2. The molecule has 1 aromatic carbocycles. The number of aliphatic hydroxyl groups excluding tert-OH is 1. The van der Waals surface area contributed by atoms with Crippen LogP contribution in [0.4, 0.5) is 0 Å². The number of benzene rings is 1. The van der Waals surface area contributed by atoms with Crippen molar-refractivity contribution in [3.63, 3.8) is 0 Å². The Labute approximate surface area is 162 Å². The summed E-state index contributed by atoms with van der Waals surface area (Å²) in [6, 6.07) is 8.06. The standard InChI is InChI=1S/C22H32N2O3/c25-16-22-15-24(14-19(22)18-8-4-5-9-20(18)27-17-22)21(26)10-13-23-11-6-2-1-3-7-12-23/h4-5,8-9,19,25H,1-3,6-7,10-17H2/t19-,22-/m1/s1. The number of hydrogen-bond acceptors (Lipinski definition) is 4. The average Bonchev–Trinajstić information content (AvgIpc) is 3.08. The second kappa shape index (κ2) is 8.19. The molecule has 1 amide bonds. The number of aliphatic hydroxyl groups is 1. The number of ether oxygens (including phenoxy) is 1. The Bertz CT molecular complexity index is 657. The molecule has 3 heterocycles. The van der Waals surface area contributed by atoms with Gasteiger partial charge in [0.15, 0.2) is 0 Å². The number of amides is 1. The molecule has 2 atom stereocenters. The number of carbonyl (C=O) groups excluding carboxylic acids is 1. The zero-order chi connectivity index (χ0) is 18.7. The summed E-state index contributed by atoms with van der Waals surface area (Å²) >= 11 is 0. The number of fused-ring (bicyclic) bond motifs is 3. The number of carbonyl (C=O) groups is 1. The summed E-state index contributed by atoms with van der Waals surface area (Å²) in [6.45, 7) is 4.94. The van der Waals surface area contributed by atoms with Gasteiger partial charge in [0.05, 0.1) is 18.6 Å². The SMILES string of the molecule is O=C(CCN1CCCCCCC1)N1C[C@@H]2c3ccccc3OC[C@]2(CO)C1. The van der Waals surface area contributed by atoms with E-state index in [1.807, 2.05) is 23.1 Å². The highest BCUT2D eigenvalue weighted by atomic mass is 16.5. The number of nitrogens with zero attached hydrogens (tertiary/aromatic N) is 2. The van der Waals surface area contributed by atoms with Gasteiger partial charge in [0.1, 0.15) is 5.75 Å². The predicted octanol–water partition coefficient (Wildman–Crippen LogP) is 2.64. The third kappa shape index (κ3) is 3.85. The molecule has 2 saturated heterocycles. The molecule has 0 bridgehead atoms. The smallest absolute Gasteiger partial charge is 0.223 e. The molecule has 5 nitrogen and oxygen atoms in total. The molecular weight excluding hydrogens is 340 g/mol. The quantitative estimate of drug-likeness (QED) is 0.883. The Morgan fingerprint density at radius 2 is 1.89 bits per heavy atom. The van der Waals surface area contributed by atoms with Crippen LogP contribution >= 0.6 is 0 Å². The van der Waals surface area contributed by atoms with Crippen molar-refractivity contribution in [1.29, 1.82) is 0 Å². The van der Waals surface area contributed by atoms with Crippen LogP contribution in [0.1, 0.15) is 50.0 Å². The Hall–Kier alpha value is -1.59. The molecule has 5 heteroatoms. The van der Waals surface area contributed by atoms with Gasteiger partial charge >= 0.3 is 0 Å². The second-order valence-electron chi connectivity index (χ2n) is 8.53. The van der Waals surface area contributed by atoms with Crippen molar-refractivity contribution in [3.8, 4) is 5.75 Å². The molecule has 148 valence electrons. The van der Waals surface area contributed by atoms with Gasteiger partial charge in [-0.25, -0.2) is 0 Å². The van der Waals surface area contributed by atoms with Crippen LogP contribution in [0.3, 0.4) is 0 Å². The first-order valence-corrected chi connectivity index (χ1v) is 10.5. The van der Waals surface area contributed by atoms with E-state index in [9.17, 15) is 9.90 Å². The first-order chi connectivity index (χ1) is 13.2. The molecule has 2 fully saturated rings. The lowest BCUT2D eigenvalue weighted by Crippen LogP contribution is -2.42. The third-order valence-corrected chi connectivity index (χ3v) is 6.72. The lowest BCUT2D eigenvalue weighted by atomic mass is 9.74. The third-order valence-electron chi connectivity index (χ3n) is 6.72. The van der Waals surface area contributed by atoms with E-state index in [1.54, 1.807) is 0 Å². The minimum atomic E-state index is -0.357. The van der Waals surface area contributed by atoms with Crippen LogP contribution in [0.25, 0.3) is 0 Å². The van der Waals surface area contributed by atoms with E-state index >= 15 is 0 Å². The summed E-state index contributed by atoms with van der Waals surface area (Å²) < 4.78 is 5.93. The molecule has 27 heavy (non-hydrogen) atoms. The summed E-state index contributed by atoms with van der Waals surface area (Å²) in [5.74, 6) is 1.29. The van der Waals surface area contributed by atoms with Gasteiger partial charge in [-0.15, -0.1) is 0 Å². The van der Waals surface area contributed by atoms with E-state index in [1.165, 1.54) is 32.1 Å². The Morgan fingerprint density at radius 3 is 2.67 bits per heavy atom. The number of para-hydroxylation sites is 1. The Balaban J connectivity index is 1.39. The van der Waals surface area contributed by atoms with Crippen LogP contribution in [0.2, 0.25) is 0 Å². The summed E-state index contributed by atoms with van der Waals surface area (Å²) in [7, 11) is 0. The van der Waals surface area contributed by atoms with Gasteiger partial charge in [-0.1, -0.05) is 37.5 Å². The maximum absolute atomic E-state index is 12.9. The molecule has 0 spiro atoms. The molecule has 4 rings (SSSR count). The summed E-state index contributed by atoms with van der Waals surface area (Å²) in [4.78, 5) is 17.4. The van der Waals surface area contributed by atoms with Crippen molar-refractivity contribution in [2.75, 3.05) is 45.9 Å². The largest absolute Gasteiger partial charge is 0.493 e. The molecule has 3 aliphatic heterocycles. The summed E-state index contributed by atoms with van der Waals surface area (Å²) in [5.41, 5.74) is 0.779. The highest BCUT2D eigenvalue weighted by molar-refractivity contribution is 5.77. The highest BCUT2D eigenvalue weighted by Gasteiger charge is 2.51. The van der Waals surface area contributed by atoms with E-state index in [-0.39, 0.29) is 23.8 Å². The zero-order valence-corrected chi connectivity index (χ0v) is 16.2. The van der Waals surface area contributed by atoms with E-state index in [0.29, 0.717) is 26.1 Å². The number of likely N-dealkylation sites (tertiary alicyclic amines) is 2. The normalized spacial score (nSPS) is 28.6. The van der Waals surface area contributed by atoms with Gasteiger partial charge in [0, 0.05) is 32.0 Å². The van der Waals surface area contributed by atoms with E-state index < -0.39 is 0 Å². The van der Waals surface area contributed by atoms with Crippen molar-refractivity contribution >= 4 is 5.91 Å². The molecular formula is C22H32N2O3. The molecule has 1 aromatic rings. The van der Waals surface area contributed by atoms with E-state index in [0.717, 1.165) is 30.9 Å². The van der Waals surface area contributed by atoms with Gasteiger partial charge in [-0.05, 0) is 37.6 Å². The first-order valence-electron chi connectivity index (χ1n) is 10.5. The van der Waals surface area contributed by atoms with Gasteiger partial charge < -0.3 is 19.6 Å². The monoisotopic (exact) mass is 372 g/mol. The van der Waals surface area contributed by atoms with Crippen LogP contribution in [0.5, 0.6) is 5.75 Å². The average molecular weight is 373 g/mol. The van der Waals surface area contributed by atoms with E-state index in [2.05, 4.69) is 11.0 Å². The number of hydrogen-bond donors (Lipinski definition) is 1. The molecule has 1 N–H and O–H groups in total. The van der Waals surface area contributed by atoms with Crippen LogP contribution in [0, 0.1) is 5.41 Å². The molecule has 0 unspecified atom stereocenters. The van der Waals surface area contributed by atoms with Crippen molar-refractivity contribution in [2.45, 2.75) is 44.4 Å². The molecule has 0 saturated carbocycles. The predicted molar refractivity (Wildman–Crippen MR) is 105 cm³/mol. The highest BCUT2D eigenvalue weighted by Crippen LogP contribution is 2.49. The maximum atomic E-state index is 12.9. The molecule has 3 aliphatic rings. The Morgan fingerprint density at radius 1 is 1.15 bits per heavy atom. The van der Waals surface area contributed by atoms with Crippen molar-refractivity contribution in [2.24, 2.45) is 5.41 Å². The van der Waals surface area contributed by atoms with Crippen LogP contribution in [0.15, 0.2) is 24.3 Å². The fourth-order valence-electron chi connectivity index (χ4n) is 5.01. The van der Waals surface area contributed by atoms with Gasteiger partial charge in [-0.3, -0.25) is 4.79 Å². The second-order valence-corrected chi connectivity index (χ2v) is 8.53. The fourth-order valence-corrected chi connectivity index (χ4v) is 5.01. The lowest BCUT2D eigenvalue weighted by molar-refractivity contribution is -0.131. The number of rotatable bonds is 4. The van der Waals surface area contributed by atoms with E-state index in [4.69, 9.17) is 4.74 Å². The van der Waals surface area contributed by atoms with Crippen molar-refractivity contribution in [1.82, 2.24) is 9.80 Å². The summed E-state index contributed by atoms with van der Waals surface area (Å²) in [6.07, 6.45) is 7.07. The van der Waals surface area contributed by atoms with Crippen LogP contribution in [-0.2, 0) is 4.79 Å². The topological polar surface area (TPSA) is 53.0 Å². The minimum Gasteiger partial charge on any atom is -0.493 e. The minimum absolute atomic E-state index is 0.0574. The fraction of sp³-hybridized carbons (Fsp3) is 0.682. The van der Waals surface area contributed by atoms with Crippen molar-refractivity contribution in [3.05, 3.63) is 29.8 Å². The molecule has 0 radical (unpaired) electrons. The molecule has 0 aromatic heterocycles. The van der Waals surface area contributed by atoms with Gasteiger partial charge in [0.25, 0.3) is 0 Å². The van der Waals surface area contributed by atoms with Gasteiger partial charge in [0.2, 0.25) is 5.91 Å². The summed E-state index contributed by atoms with van der Waals surface area (Å²) in [5, 5.41) is 10.1. The lowest BCUT2D eigenvalue weighted by Gasteiger charge is -2.37. The first kappa shape index (κ1) is 18.8. The van der Waals surface area contributed by atoms with Crippen LogP contribution in [-0.4, -0.2) is 66.8 Å².